The highest BCUT2D eigenvalue weighted by Gasteiger charge is 2.32. The van der Waals surface area contributed by atoms with Crippen LogP contribution in [0.4, 0.5) is 0 Å². The summed E-state index contributed by atoms with van der Waals surface area (Å²) in [6.07, 6.45) is 4.40. The van der Waals surface area contributed by atoms with E-state index in [1.807, 2.05) is 60.7 Å². The Labute approximate surface area is 206 Å². The molecule has 0 aromatic heterocycles. The summed E-state index contributed by atoms with van der Waals surface area (Å²) < 4.78 is 55.2. The Morgan fingerprint density at radius 3 is 1.18 bits per heavy atom. The van der Waals surface area contributed by atoms with E-state index < -0.39 is 41.6 Å². The van der Waals surface area contributed by atoms with Crippen LogP contribution in [0.15, 0.2) is 72.8 Å². The summed E-state index contributed by atoms with van der Waals surface area (Å²) in [6, 6.07) is 18.1. The molecule has 2 aromatic carbocycles. The van der Waals surface area contributed by atoms with Crippen LogP contribution in [0.25, 0.3) is 0 Å². The first kappa shape index (κ1) is 28.2. The van der Waals surface area contributed by atoms with Crippen molar-refractivity contribution < 1.29 is 16.8 Å². The minimum Gasteiger partial charge on any atom is -0.212 e. The molecule has 0 aliphatic rings. The maximum Gasteiger partial charge on any atom is 0.217 e. The van der Waals surface area contributed by atoms with Gasteiger partial charge in [0.1, 0.15) is 0 Å². The normalized spacial score (nSPS) is 15.4. The number of hydrogen-bond acceptors (Lipinski definition) is 4. The third-order valence-electron chi connectivity index (χ3n) is 5.40. The van der Waals surface area contributed by atoms with Crippen LogP contribution < -0.4 is 9.44 Å². The zero-order valence-electron chi connectivity index (χ0n) is 20.9. The average Bonchev–Trinajstić information content (AvgIpc) is 2.71. The molecule has 0 saturated heterocycles. The number of nitrogens with one attached hydrogen (secondary N) is 2. The molecular formula is C26H38N2O4S2. The third-order valence-corrected chi connectivity index (χ3v) is 9.85. The Morgan fingerprint density at radius 1 is 0.618 bits per heavy atom. The molecule has 2 aromatic rings. The minimum atomic E-state index is -3.62. The maximum atomic E-state index is 12.9. The van der Waals surface area contributed by atoms with Crippen molar-refractivity contribution in [2.45, 2.75) is 76.0 Å². The summed E-state index contributed by atoms with van der Waals surface area (Å²) in [5.41, 5.74) is 1.95. The lowest BCUT2D eigenvalue weighted by Crippen LogP contribution is -2.46. The van der Waals surface area contributed by atoms with Gasteiger partial charge in [-0.15, -0.1) is 0 Å². The lowest BCUT2D eigenvalue weighted by Gasteiger charge is -2.26. The van der Waals surface area contributed by atoms with Crippen molar-refractivity contribution in [3.63, 3.8) is 0 Å². The van der Waals surface area contributed by atoms with Gasteiger partial charge in [0.15, 0.2) is 0 Å². The lowest BCUT2D eigenvalue weighted by atomic mass is 10.0. The fraction of sp³-hybridized carbons (Fsp3) is 0.462. The molecule has 2 N–H and O–H groups in total. The monoisotopic (exact) mass is 506 g/mol. The molecule has 2 atom stereocenters. The average molecular weight is 507 g/mol. The Kier molecular flexibility index (Phi) is 9.27. The first-order chi connectivity index (χ1) is 15.6. The largest absolute Gasteiger partial charge is 0.217 e. The molecule has 188 valence electrons. The van der Waals surface area contributed by atoms with E-state index in [0.29, 0.717) is 12.8 Å². The molecular weight excluding hydrogens is 468 g/mol. The second-order valence-corrected chi connectivity index (χ2v) is 15.4. The minimum absolute atomic E-state index is 0.441. The van der Waals surface area contributed by atoms with Crippen LogP contribution in [0.1, 0.15) is 52.7 Å². The van der Waals surface area contributed by atoms with Crippen LogP contribution in [0.3, 0.4) is 0 Å². The zero-order valence-corrected chi connectivity index (χ0v) is 22.6. The van der Waals surface area contributed by atoms with E-state index in [4.69, 9.17) is 0 Å². The second-order valence-electron chi connectivity index (χ2n) is 10.4. The SMILES string of the molecule is CC(C)(C)S(=O)(=O)N[C@@H](/C=C/[C@@H](Cc1ccccc1)NS(=O)(=O)C(C)(C)C)Cc1ccccc1. The molecule has 0 radical (unpaired) electrons. The topological polar surface area (TPSA) is 92.3 Å². The highest BCUT2D eigenvalue weighted by molar-refractivity contribution is 7.91. The van der Waals surface area contributed by atoms with Gasteiger partial charge in [-0.2, -0.15) is 0 Å². The summed E-state index contributed by atoms with van der Waals surface area (Å²) in [4.78, 5) is 0. The van der Waals surface area contributed by atoms with Crippen molar-refractivity contribution in [1.29, 1.82) is 0 Å². The van der Waals surface area contributed by atoms with Crippen LogP contribution in [-0.4, -0.2) is 38.4 Å². The van der Waals surface area contributed by atoms with Gasteiger partial charge in [-0.3, -0.25) is 0 Å². The quantitative estimate of drug-likeness (QED) is 0.473. The molecule has 0 spiro atoms. The van der Waals surface area contributed by atoms with Gasteiger partial charge in [0.25, 0.3) is 0 Å². The standard InChI is InChI=1S/C26H38N2O4S2/c1-25(2,3)33(29,30)27-23(19-21-13-9-7-10-14-21)17-18-24(20-22-15-11-8-12-16-22)28-34(31,32)26(4,5)6/h7-18,23-24,27-28H,19-20H2,1-6H3/b18-17+/t23-,24-/m0/s1. The fourth-order valence-electron chi connectivity index (χ4n) is 3.05. The molecule has 8 heteroatoms. The van der Waals surface area contributed by atoms with Gasteiger partial charge >= 0.3 is 0 Å². The predicted molar refractivity (Wildman–Crippen MR) is 141 cm³/mol. The first-order valence-corrected chi connectivity index (χ1v) is 14.4. The molecule has 0 aliphatic heterocycles. The molecule has 0 amide bonds. The van der Waals surface area contributed by atoms with E-state index in [-0.39, 0.29) is 0 Å². The smallest absolute Gasteiger partial charge is 0.212 e. The van der Waals surface area contributed by atoms with Gasteiger partial charge < -0.3 is 0 Å². The molecule has 0 heterocycles. The highest BCUT2D eigenvalue weighted by atomic mass is 32.2. The molecule has 2 rings (SSSR count). The molecule has 0 bridgehead atoms. The fourth-order valence-corrected chi connectivity index (χ4v) is 4.88. The Morgan fingerprint density at radius 2 is 0.912 bits per heavy atom. The van der Waals surface area contributed by atoms with Gasteiger partial charge in [-0.05, 0) is 65.5 Å². The third kappa shape index (κ3) is 8.34. The summed E-state index contributed by atoms with van der Waals surface area (Å²) in [6.45, 7) is 9.88. The van der Waals surface area contributed by atoms with E-state index in [1.165, 1.54) is 0 Å². The van der Waals surface area contributed by atoms with Crippen molar-refractivity contribution >= 4 is 20.0 Å². The summed E-state index contributed by atoms with van der Waals surface area (Å²) >= 11 is 0. The van der Waals surface area contributed by atoms with E-state index in [1.54, 1.807) is 53.7 Å². The van der Waals surface area contributed by atoms with Gasteiger partial charge in [0, 0.05) is 12.1 Å². The van der Waals surface area contributed by atoms with E-state index in [9.17, 15) is 16.8 Å². The predicted octanol–water partition coefficient (Wildman–Crippen LogP) is 4.20. The Hall–Kier alpha value is -2.00. The first-order valence-electron chi connectivity index (χ1n) is 11.4. The lowest BCUT2D eigenvalue weighted by molar-refractivity contribution is 0.530. The second kappa shape index (κ2) is 11.2. The van der Waals surface area contributed by atoms with Crippen LogP contribution in [-0.2, 0) is 32.9 Å². The number of sulfonamides is 2. The Balaban J connectivity index is 2.38. The van der Waals surface area contributed by atoms with Crippen molar-refractivity contribution in [2.24, 2.45) is 0 Å². The van der Waals surface area contributed by atoms with Gasteiger partial charge in [0.05, 0.1) is 9.49 Å². The Bertz CT molecular complexity index is 1050. The molecule has 6 nitrogen and oxygen atoms in total. The van der Waals surface area contributed by atoms with E-state index >= 15 is 0 Å². The van der Waals surface area contributed by atoms with Gasteiger partial charge in [-0.25, -0.2) is 26.3 Å². The number of rotatable bonds is 10. The van der Waals surface area contributed by atoms with Gasteiger partial charge in [-0.1, -0.05) is 72.8 Å². The van der Waals surface area contributed by atoms with Crippen LogP contribution in [0, 0.1) is 0 Å². The molecule has 0 unspecified atom stereocenters. The van der Waals surface area contributed by atoms with Crippen LogP contribution >= 0.6 is 0 Å². The van der Waals surface area contributed by atoms with Crippen molar-refractivity contribution in [2.75, 3.05) is 0 Å². The summed E-state index contributed by atoms with van der Waals surface area (Å²) in [7, 11) is -7.24. The van der Waals surface area contributed by atoms with Crippen molar-refractivity contribution in [1.82, 2.24) is 9.44 Å². The molecule has 0 aliphatic carbocycles. The molecule has 34 heavy (non-hydrogen) atoms. The number of hydrogen-bond donors (Lipinski definition) is 2. The summed E-state index contributed by atoms with van der Waals surface area (Å²) in [5.74, 6) is 0. The van der Waals surface area contributed by atoms with Gasteiger partial charge in [0.2, 0.25) is 20.0 Å². The zero-order chi connectivity index (χ0) is 25.6. The van der Waals surface area contributed by atoms with E-state index in [0.717, 1.165) is 11.1 Å². The van der Waals surface area contributed by atoms with Crippen LogP contribution in [0.2, 0.25) is 0 Å². The molecule has 0 fully saturated rings. The van der Waals surface area contributed by atoms with Crippen LogP contribution in [0.5, 0.6) is 0 Å². The summed E-state index contributed by atoms with van der Waals surface area (Å²) in [5, 5.41) is 0. The highest BCUT2D eigenvalue weighted by Crippen LogP contribution is 2.18. The number of benzene rings is 2. The molecule has 0 saturated carbocycles. The van der Waals surface area contributed by atoms with Crippen molar-refractivity contribution in [3.8, 4) is 0 Å². The van der Waals surface area contributed by atoms with E-state index in [2.05, 4.69) is 9.44 Å². The maximum absolute atomic E-state index is 12.9. The van der Waals surface area contributed by atoms with Crippen molar-refractivity contribution in [3.05, 3.63) is 83.9 Å².